The molecule has 1 aromatic carbocycles. The van der Waals surface area contributed by atoms with Crippen LogP contribution in [0.5, 0.6) is 0 Å². The second kappa shape index (κ2) is 16.4. The fourth-order valence-electron chi connectivity index (χ4n) is 8.02. The molecule has 0 aliphatic carbocycles. The highest BCUT2D eigenvalue weighted by Crippen LogP contribution is 2.37. The number of aliphatic carboxylic acids is 1. The predicted octanol–water partition coefficient (Wildman–Crippen LogP) is 2.11. The lowest BCUT2D eigenvalue weighted by Crippen LogP contribution is -2.63. The molecule has 0 unspecified atom stereocenters. The molecule has 0 saturated carbocycles. The minimum atomic E-state index is -4.81. The molecule has 3 amide bonds. The Balaban J connectivity index is 0.956. The van der Waals surface area contributed by atoms with Gasteiger partial charge in [-0.2, -0.15) is 18.3 Å². The number of carbonyl (C=O) groups is 4. The monoisotopic (exact) mass is 825 g/mol. The Labute approximate surface area is 336 Å². The van der Waals surface area contributed by atoms with Crippen LogP contribution in [-0.4, -0.2) is 135 Å². The molecule has 3 saturated heterocycles. The Morgan fingerprint density at radius 3 is 2.29 bits per heavy atom. The van der Waals surface area contributed by atoms with E-state index in [1.54, 1.807) is 29.0 Å². The number of aromatic nitrogens is 5. The molecule has 308 valence electrons. The number of hydrogen-bond acceptors (Lipinski definition) is 10. The molecule has 7 rings (SSSR count). The maximum absolute atomic E-state index is 14.1. The van der Waals surface area contributed by atoms with Gasteiger partial charge in [0.15, 0.2) is 11.5 Å². The van der Waals surface area contributed by atoms with Gasteiger partial charge in [0.2, 0.25) is 5.91 Å². The van der Waals surface area contributed by atoms with Gasteiger partial charge in [-0.1, -0.05) is 11.6 Å². The molecule has 0 spiro atoms. The number of carboxylic acid groups (broad SMARTS) is 1. The fourth-order valence-corrected chi connectivity index (χ4v) is 8.28. The number of carboxylic acids is 1. The highest BCUT2D eigenvalue weighted by atomic mass is 35.5. The van der Waals surface area contributed by atoms with Gasteiger partial charge in [-0.25, -0.2) is 14.6 Å². The minimum Gasteiger partial charge on any atom is -0.544 e. The first kappa shape index (κ1) is 40.7. The number of likely N-dealkylation sites (tertiary alicyclic amines) is 1. The molecular weight excluding hydrogens is 783 g/mol. The van der Waals surface area contributed by atoms with Crippen LogP contribution in [0, 0.1) is 11.8 Å². The number of pyridine rings is 1. The number of piperidine rings is 1. The summed E-state index contributed by atoms with van der Waals surface area (Å²) >= 11 is 6.54. The Morgan fingerprint density at radius 2 is 1.71 bits per heavy atom. The highest BCUT2D eigenvalue weighted by molar-refractivity contribution is 6.34. The number of benzene rings is 1. The van der Waals surface area contributed by atoms with Gasteiger partial charge < -0.3 is 44.7 Å². The summed E-state index contributed by atoms with van der Waals surface area (Å²) in [6.45, 7) is 4.96. The van der Waals surface area contributed by atoms with Crippen molar-refractivity contribution in [2.45, 2.75) is 19.0 Å². The van der Waals surface area contributed by atoms with E-state index in [0.717, 1.165) is 30.5 Å². The molecule has 0 radical (unpaired) electrons. The quantitative estimate of drug-likeness (QED) is 0.190. The third-order valence-electron chi connectivity index (χ3n) is 11.3. The van der Waals surface area contributed by atoms with Crippen molar-refractivity contribution in [1.29, 1.82) is 0 Å². The van der Waals surface area contributed by atoms with E-state index in [2.05, 4.69) is 31.0 Å². The smallest absolute Gasteiger partial charge is 0.435 e. The van der Waals surface area contributed by atoms with Crippen LogP contribution in [0.1, 0.15) is 39.5 Å². The number of nitrogens with zero attached hydrogens (tertiary/aromatic N) is 8. The lowest BCUT2D eigenvalue weighted by atomic mass is 9.90. The van der Waals surface area contributed by atoms with E-state index in [1.165, 1.54) is 42.2 Å². The number of halogens is 4. The normalized spacial score (nSPS) is 20.1. The van der Waals surface area contributed by atoms with Crippen LogP contribution in [0.25, 0.3) is 16.9 Å². The zero-order valence-corrected chi connectivity index (χ0v) is 32.6. The summed E-state index contributed by atoms with van der Waals surface area (Å²) in [7, 11) is 3.07. The van der Waals surface area contributed by atoms with Crippen molar-refractivity contribution in [2.75, 3.05) is 83.1 Å². The van der Waals surface area contributed by atoms with Crippen LogP contribution in [0.2, 0.25) is 5.02 Å². The standard InChI is InChI=1S/C38H43ClF3N11O5/c1-43-31-6-4-26(18-45-31)52-20-28(33(48-52)38(40,41)42)30-19-46-34(49(30)2)35(56)47-25-3-5-27(29(39)15-25)37(58)51-11-9-50(10-12-51)36(57)24-7-13-53(14-8-24,22-32(54)55)21-23-16-44-17-23/h3-6,15,18-20,23-24,44H,7-14,16-17,21-22H2,1-2H3,(H2-,43,45,47,54,55,56,58). The Morgan fingerprint density at radius 1 is 1.00 bits per heavy atom. The molecule has 0 bridgehead atoms. The summed E-state index contributed by atoms with van der Waals surface area (Å²) in [5.41, 5.74) is -0.748. The first-order valence-corrected chi connectivity index (χ1v) is 19.3. The Hall–Kier alpha value is -5.53. The maximum Gasteiger partial charge on any atom is 0.435 e. The molecule has 3 N–H and O–H groups in total. The van der Waals surface area contributed by atoms with Crippen molar-refractivity contribution >= 4 is 46.8 Å². The van der Waals surface area contributed by atoms with Gasteiger partial charge in [0.25, 0.3) is 11.8 Å². The summed E-state index contributed by atoms with van der Waals surface area (Å²) in [6.07, 6.45) is 0.112. The molecule has 3 aliphatic rings. The molecule has 3 aliphatic heterocycles. The van der Waals surface area contributed by atoms with Crippen molar-refractivity contribution in [3.63, 3.8) is 0 Å². The number of amides is 3. The van der Waals surface area contributed by atoms with Gasteiger partial charge in [0, 0.05) is 89.9 Å². The average molecular weight is 826 g/mol. The molecule has 6 heterocycles. The number of alkyl halides is 3. The van der Waals surface area contributed by atoms with Crippen LogP contribution < -0.4 is 21.1 Å². The van der Waals surface area contributed by atoms with E-state index in [1.807, 2.05) is 0 Å². The third kappa shape index (κ3) is 8.51. The first-order chi connectivity index (χ1) is 27.6. The summed E-state index contributed by atoms with van der Waals surface area (Å²) in [5.74, 6) is -1.56. The summed E-state index contributed by atoms with van der Waals surface area (Å²) in [4.78, 5) is 63.5. The molecule has 0 atom stereocenters. The van der Waals surface area contributed by atoms with Gasteiger partial charge >= 0.3 is 6.18 Å². The number of anilines is 2. The number of nitrogens with one attached hydrogen (secondary N) is 3. The van der Waals surface area contributed by atoms with Crippen LogP contribution in [0.3, 0.4) is 0 Å². The number of piperazine rings is 1. The molecule has 16 nitrogen and oxygen atoms in total. The van der Waals surface area contributed by atoms with Crippen molar-refractivity contribution in [1.82, 2.24) is 39.4 Å². The molecule has 4 aromatic rings. The number of rotatable bonds is 11. The van der Waals surface area contributed by atoms with Gasteiger partial charge in [-0.3, -0.25) is 14.4 Å². The summed E-state index contributed by atoms with van der Waals surface area (Å²) in [6, 6.07) is 7.52. The summed E-state index contributed by atoms with van der Waals surface area (Å²) in [5, 5.41) is 24.1. The van der Waals surface area contributed by atoms with E-state index in [4.69, 9.17) is 11.6 Å². The van der Waals surface area contributed by atoms with Crippen molar-refractivity contribution in [3.8, 4) is 16.9 Å². The zero-order chi connectivity index (χ0) is 41.4. The Kier molecular flexibility index (Phi) is 11.5. The second-order valence-electron chi connectivity index (χ2n) is 15.1. The summed E-state index contributed by atoms with van der Waals surface area (Å²) < 4.78 is 45.1. The molecule has 20 heteroatoms. The maximum atomic E-state index is 14.1. The van der Waals surface area contributed by atoms with Gasteiger partial charge in [0.1, 0.15) is 12.4 Å². The molecule has 3 aromatic heterocycles. The fraction of sp³-hybridized carbons (Fsp3) is 0.447. The van der Waals surface area contributed by atoms with E-state index < -0.39 is 23.7 Å². The Bertz CT molecular complexity index is 2190. The largest absolute Gasteiger partial charge is 0.544 e. The topological polar surface area (TPSA) is 182 Å². The van der Waals surface area contributed by atoms with Crippen LogP contribution in [0.15, 0.2) is 48.9 Å². The van der Waals surface area contributed by atoms with Crippen LogP contribution >= 0.6 is 11.6 Å². The number of hydrogen-bond donors (Lipinski definition) is 3. The number of carbonyl (C=O) groups excluding carboxylic acids is 4. The average Bonchev–Trinajstić information content (AvgIpc) is 3.80. The van der Waals surface area contributed by atoms with E-state index in [-0.39, 0.29) is 57.6 Å². The highest BCUT2D eigenvalue weighted by Gasteiger charge is 2.42. The van der Waals surface area contributed by atoms with Gasteiger partial charge in [-0.15, -0.1) is 0 Å². The SMILES string of the molecule is CNc1ccc(-n2cc(-c3cnc(C(=O)Nc4ccc(C(=O)N5CCN(C(=O)C6CC[N+](CC(=O)[O-])(CC7CNC7)CC6)CC5)c(Cl)c4)n3C)c(C(F)(F)F)n2)cn1. The van der Waals surface area contributed by atoms with Crippen molar-refractivity contribution < 1.29 is 41.9 Å². The van der Waals surface area contributed by atoms with Crippen LogP contribution in [0.4, 0.5) is 24.7 Å². The molecule has 3 fully saturated rings. The third-order valence-corrected chi connectivity index (χ3v) is 11.6. The van der Waals surface area contributed by atoms with Crippen molar-refractivity contribution in [2.24, 2.45) is 18.9 Å². The molecular formula is C38H43ClF3N11O5. The van der Waals surface area contributed by atoms with E-state index >= 15 is 0 Å². The van der Waals surface area contributed by atoms with E-state index in [0.29, 0.717) is 74.0 Å². The van der Waals surface area contributed by atoms with Crippen LogP contribution in [-0.2, 0) is 22.8 Å². The van der Waals surface area contributed by atoms with Gasteiger partial charge in [0.05, 0.1) is 65.5 Å². The lowest BCUT2D eigenvalue weighted by Gasteiger charge is -2.47. The zero-order valence-electron chi connectivity index (χ0n) is 31.9. The number of quaternary nitrogens is 1. The first-order valence-electron chi connectivity index (χ1n) is 18.9. The van der Waals surface area contributed by atoms with Crippen molar-refractivity contribution in [3.05, 3.63) is 71.0 Å². The number of imidazole rings is 1. The second-order valence-corrected chi connectivity index (χ2v) is 15.5. The minimum absolute atomic E-state index is 0.00463. The molecule has 58 heavy (non-hydrogen) atoms. The van der Waals surface area contributed by atoms with E-state index in [9.17, 15) is 37.5 Å². The van der Waals surface area contributed by atoms with Gasteiger partial charge in [-0.05, 0) is 30.3 Å². The lowest BCUT2D eigenvalue weighted by molar-refractivity contribution is -0.931. The predicted molar refractivity (Wildman–Crippen MR) is 204 cm³/mol.